The minimum absolute atomic E-state index is 0. The summed E-state index contributed by atoms with van der Waals surface area (Å²) in [5.41, 5.74) is 3.49. The van der Waals surface area contributed by atoms with E-state index in [-0.39, 0.29) is 24.0 Å². The van der Waals surface area contributed by atoms with Gasteiger partial charge in [0, 0.05) is 59.6 Å². The Labute approximate surface area is 183 Å². The molecule has 1 unspecified atom stereocenters. The van der Waals surface area contributed by atoms with E-state index < -0.39 is 12.2 Å². The van der Waals surface area contributed by atoms with Gasteiger partial charge in [0.25, 0.3) is 0 Å². The van der Waals surface area contributed by atoms with Crippen LogP contribution in [0.2, 0.25) is 0 Å². The monoisotopic (exact) mass is 513 g/mol. The maximum atomic E-state index is 12.9. The lowest BCUT2D eigenvalue weighted by Gasteiger charge is -2.39. The number of nitrogens with zero attached hydrogens (tertiary/aromatic N) is 4. The summed E-state index contributed by atoms with van der Waals surface area (Å²) >= 11 is 0. The van der Waals surface area contributed by atoms with E-state index in [4.69, 9.17) is 0 Å². The fraction of sp³-hybridized carbons (Fsp3) is 0.632. The van der Waals surface area contributed by atoms with E-state index in [0.717, 1.165) is 17.2 Å². The van der Waals surface area contributed by atoms with E-state index in [1.54, 1.807) is 7.05 Å². The molecule has 1 aromatic carbocycles. The Morgan fingerprint density at radius 3 is 2.32 bits per heavy atom. The van der Waals surface area contributed by atoms with Crippen LogP contribution >= 0.6 is 24.0 Å². The van der Waals surface area contributed by atoms with Gasteiger partial charge < -0.3 is 15.1 Å². The van der Waals surface area contributed by atoms with E-state index >= 15 is 0 Å². The quantitative estimate of drug-likeness (QED) is 0.381. The number of rotatable bonds is 4. The molecule has 28 heavy (non-hydrogen) atoms. The zero-order valence-electron chi connectivity index (χ0n) is 17.2. The van der Waals surface area contributed by atoms with Crippen LogP contribution in [0.4, 0.5) is 18.9 Å². The van der Waals surface area contributed by atoms with Gasteiger partial charge in [-0.15, -0.1) is 24.0 Å². The first-order chi connectivity index (χ1) is 12.6. The van der Waals surface area contributed by atoms with Crippen LogP contribution < -0.4 is 10.2 Å². The SMILES string of the molecule is CN=C(NCc1ccc(C)cc1N(C)C)N1CCN(C(C)C(F)(F)F)CC1.I. The predicted molar refractivity (Wildman–Crippen MR) is 120 cm³/mol. The van der Waals surface area contributed by atoms with Crippen LogP contribution in [-0.2, 0) is 6.54 Å². The Kier molecular flexibility index (Phi) is 9.32. The number of guanidine groups is 1. The van der Waals surface area contributed by atoms with E-state index in [9.17, 15) is 13.2 Å². The molecule has 160 valence electrons. The van der Waals surface area contributed by atoms with Crippen LogP contribution in [0.3, 0.4) is 0 Å². The van der Waals surface area contributed by atoms with Crippen molar-refractivity contribution >= 4 is 35.6 Å². The highest BCUT2D eigenvalue weighted by Crippen LogP contribution is 2.25. The number of piperazine rings is 1. The van der Waals surface area contributed by atoms with Gasteiger partial charge in [-0.3, -0.25) is 9.89 Å². The van der Waals surface area contributed by atoms with Crippen LogP contribution in [0, 0.1) is 6.92 Å². The van der Waals surface area contributed by atoms with Crippen LogP contribution in [-0.4, -0.2) is 75.3 Å². The fourth-order valence-electron chi connectivity index (χ4n) is 3.27. The van der Waals surface area contributed by atoms with Crippen molar-refractivity contribution in [1.82, 2.24) is 15.1 Å². The van der Waals surface area contributed by atoms with Crippen LogP contribution in [0.1, 0.15) is 18.1 Å². The number of aryl methyl sites for hydroxylation is 1. The molecule has 0 aromatic heterocycles. The maximum Gasteiger partial charge on any atom is 0.403 e. The number of nitrogens with one attached hydrogen (secondary N) is 1. The molecule has 0 spiro atoms. The van der Waals surface area contributed by atoms with Crippen LogP contribution in [0.15, 0.2) is 23.2 Å². The van der Waals surface area contributed by atoms with Crippen molar-refractivity contribution in [3.63, 3.8) is 0 Å². The number of hydrogen-bond acceptors (Lipinski definition) is 3. The average molecular weight is 513 g/mol. The number of alkyl halides is 3. The zero-order valence-corrected chi connectivity index (χ0v) is 19.5. The number of aliphatic imine (C=N–C) groups is 1. The third-order valence-corrected chi connectivity index (χ3v) is 5.01. The normalized spacial score (nSPS) is 17.1. The van der Waals surface area contributed by atoms with Gasteiger partial charge in [0.1, 0.15) is 6.04 Å². The van der Waals surface area contributed by atoms with Crippen molar-refractivity contribution in [2.75, 3.05) is 52.2 Å². The van der Waals surface area contributed by atoms with Crippen molar-refractivity contribution < 1.29 is 13.2 Å². The van der Waals surface area contributed by atoms with Crippen molar-refractivity contribution in [1.29, 1.82) is 0 Å². The third kappa shape index (κ3) is 6.40. The van der Waals surface area contributed by atoms with Gasteiger partial charge in [-0.1, -0.05) is 12.1 Å². The molecule has 0 aliphatic carbocycles. The smallest absolute Gasteiger partial charge is 0.377 e. The van der Waals surface area contributed by atoms with Crippen LogP contribution in [0.5, 0.6) is 0 Å². The topological polar surface area (TPSA) is 34.1 Å². The second-order valence-corrected chi connectivity index (χ2v) is 7.17. The third-order valence-electron chi connectivity index (χ3n) is 5.01. The fourth-order valence-corrected chi connectivity index (χ4v) is 3.27. The molecule has 1 saturated heterocycles. The molecule has 5 nitrogen and oxygen atoms in total. The predicted octanol–water partition coefficient (Wildman–Crippen LogP) is 3.32. The largest absolute Gasteiger partial charge is 0.403 e. The lowest BCUT2D eigenvalue weighted by atomic mass is 10.1. The first-order valence-electron chi connectivity index (χ1n) is 9.16. The minimum atomic E-state index is -4.18. The molecule has 1 fully saturated rings. The molecule has 1 heterocycles. The zero-order chi connectivity index (χ0) is 20.2. The Balaban J connectivity index is 0.00000392. The van der Waals surface area contributed by atoms with E-state index in [0.29, 0.717) is 32.7 Å². The lowest BCUT2D eigenvalue weighted by molar-refractivity contribution is -0.181. The first-order valence-corrected chi connectivity index (χ1v) is 9.16. The molecule has 1 aliphatic rings. The number of benzene rings is 1. The van der Waals surface area contributed by atoms with Gasteiger partial charge in [0.15, 0.2) is 5.96 Å². The van der Waals surface area contributed by atoms with Gasteiger partial charge in [0.2, 0.25) is 0 Å². The summed E-state index contributed by atoms with van der Waals surface area (Å²) in [5, 5.41) is 3.35. The van der Waals surface area contributed by atoms with Crippen LogP contribution in [0.25, 0.3) is 0 Å². The lowest BCUT2D eigenvalue weighted by Crippen LogP contribution is -2.56. The van der Waals surface area contributed by atoms with E-state index in [2.05, 4.69) is 40.3 Å². The van der Waals surface area contributed by atoms with Crippen molar-refractivity contribution in [2.45, 2.75) is 32.6 Å². The molecular formula is C19H31F3IN5. The minimum Gasteiger partial charge on any atom is -0.377 e. The van der Waals surface area contributed by atoms with Crippen molar-refractivity contribution in [3.8, 4) is 0 Å². The summed E-state index contributed by atoms with van der Waals surface area (Å²) in [7, 11) is 5.72. The Morgan fingerprint density at radius 1 is 1.21 bits per heavy atom. The molecule has 1 aliphatic heterocycles. The molecule has 1 N–H and O–H groups in total. The summed E-state index contributed by atoms with van der Waals surface area (Å²) in [6.07, 6.45) is -4.18. The summed E-state index contributed by atoms with van der Waals surface area (Å²) < 4.78 is 38.7. The molecule has 0 radical (unpaired) electrons. The second-order valence-electron chi connectivity index (χ2n) is 7.17. The Bertz CT molecular complexity index is 655. The van der Waals surface area contributed by atoms with Crippen molar-refractivity contribution in [3.05, 3.63) is 29.3 Å². The molecule has 1 aromatic rings. The summed E-state index contributed by atoms with van der Waals surface area (Å²) in [6.45, 7) is 5.68. The van der Waals surface area contributed by atoms with Gasteiger partial charge >= 0.3 is 6.18 Å². The second kappa shape index (κ2) is 10.5. The van der Waals surface area contributed by atoms with Gasteiger partial charge in [-0.2, -0.15) is 13.2 Å². The molecular weight excluding hydrogens is 482 g/mol. The van der Waals surface area contributed by atoms with Gasteiger partial charge in [-0.05, 0) is 31.0 Å². The van der Waals surface area contributed by atoms with Gasteiger partial charge in [-0.25, -0.2) is 0 Å². The summed E-state index contributed by atoms with van der Waals surface area (Å²) in [5.74, 6) is 0.722. The van der Waals surface area contributed by atoms with E-state index in [1.165, 1.54) is 17.4 Å². The standard InChI is InChI=1S/C19H30F3N5.HI/c1-14-6-7-16(17(12-14)25(4)5)13-24-18(23-3)27-10-8-26(9-11-27)15(2)19(20,21)22;/h6-7,12,15H,8-11,13H2,1-5H3,(H,23,24);1H. The molecule has 1 atom stereocenters. The molecule has 9 heteroatoms. The summed E-state index contributed by atoms with van der Waals surface area (Å²) in [4.78, 5) is 9.89. The number of halogens is 4. The molecule has 0 amide bonds. The van der Waals surface area contributed by atoms with Gasteiger partial charge in [0.05, 0.1) is 0 Å². The van der Waals surface area contributed by atoms with Crippen molar-refractivity contribution in [2.24, 2.45) is 4.99 Å². The highest BCUT2D eigenvalue weighted by atomic mass is 127. The highest BCUT2D eigenvalue weighted by Gasteiger charge is 2.41. The highest BCUT2D eigenvalue weighted by molar-refractivity contribution is 14.0. The molecule has 2 rings (SSSR count). The number of anilines is 1. The molecule has 0 bridgehead atoms. The molecule has 0 saturated carbocycles. The Morgan fingerprint density at radius 2 is 1.82 bits per heavy atom. The summed E-state index contributed by atoms with van der Waals surface area (Å²) in [6, 6.07) is 4.89. The first kappa shape index (κ1) is 24.8. The average Bonchev–Trinajstić information content (AvgIpc) is 2.62. The maximum absolute atomic E-state index is 12.9. The number of hydrogen-bond donors (Lipinski definition) is 1. The Hall–Kier alpha value is -1.23. The van der Waals surface area contributed by atoms with E-state index in [1.807, 2.05) is 19.0 Å².